The van der Waals surface area contributed by atoms with Crippen LogP contribution in [0.4, 0.5) is 0 Å². The predicted molar refractivity (Wildman–Crippen MR) is 57.6 cm³/mol. The molecule has 1 amide bonds. The minimum Gasteiger partial charge on any atom is -0.480 e. The summed E-state index contributed by atoms with van der Waals surface area (Å²) in [6, 6.07) is -0.708. The molecule has 0 aromatic rings. The topological polar surface area (TPSA) is 78.4 Å². The van der Waals surface area contributed by atoms with Crippen LogP contribution in [0.1, 0.15) is 34.1 Å². The number of carbonyl (C=O) groups excluding carboxylic acids is 1. The van der Waals surface area contributed by atoms with Crippen molar-refractivity contribution in [3.05, 3.63) is 0 Å². The lowest BCUT2D eigenvalue weighted by molar-refractivity contribution is -0.139. The van der Waals surface area contributed by atoms with E-state index in [0.29, 0.717) is 0 Å². The van der Waals surface area contributed by atoms with Crippen molar-refractivity contribution in [2.45, 2.75) is 45.7 Å². The molecule has 0 bridgehead atoms. The Morgan fingerprint density at radius 2 is 1.93 bits per heavy atom. The number of nitrogens with one attached hydrogen (secondary N) is 2. The number of carboxylic acid groups (broad SMARTS) is 1. The Balaban J connectivity index is 3.91. The van der Waals surface area contributed by atoms with Gasteiger partial charge in [-0.25, -0.2) is 0 Å². The van der Waals surface area contributed by atoms with Gasteiger partial charge in [0, 0.05) is 5.54 Å². The normalized spacial score (nSPS) is 13.3. The van der Waals surface area contributed by atoms with Gasteiger partial charge in [-0.15, -0.1) is 0 Å². The summed E-state index contributed by atoms with van der Waals surface area (Å²) < 4.78 is 0. The zero-order chi connectivity index (χ0) is 12.1. The summed E-state index contributed by atoms with van der Waals surface area (Å²) in [7, 11) is 0. The van der Waals surface area contributed by atoms with E-state index < -0.39 is 12.0 Å². The maximum absolute atomic E-state index is 11.4. The number of hydrogen-bond donors (Lipinski definition) is 3. The second-order valence-corrected chi connectivity index (χ2v) is 4.23. The van der Waals surface area contributed by atoms with E-state index in [1.165, 1.54) is 6.92 Å². The van der Waals surface area contributed by atoms with Crippen LogP contribution >= 0.6 is 0 Å². The Hall–Kier alpha value is -1.10. The first-order valence-electron chi connectivity index (χ1n) is 5.05. The molecular formula is C10H20N2O3. The van der Waals surface area contributed by atoms with Crippen molar-refractivity contribution >= 4 is 11.9 Å². The number of aliphatic carboxylic acids is 1. The minimum atomic E-state index is -0.961. The van der Waals surface area contributed by atoms with Gasteiger partial charge in [-0.3, -0.25) is 14.9 Å². The SMILES string of the molecule is CCC(C)(C)NC(=O)CN[C@H](C)C(=O)O. The highest BCUT2D eigenvalue weighted by Crippen LogP contribution is 2.05. The van der Waals surface area contributed by atoms with Crippen LogP contribution in [0.15, 0.2) is 0 Å². The molecule has 0 unspecified atom stereocenters. The van der Waals surface area contributed by atoms with Gasteiger partial charge in [-0.2, -0.15) is 0 Å². The van der Waals surface area contributed by atoms with Crippen molar-refractivity contribution in [2.24, 2.45) is 0 Å². The van der Waals surface area contributed by atoms with Crippen LogP contribution < -0.4 is 10.6 Å². The molecule has 5 heteroatoms. The fraction of sp³-hybridized carbons (Fsp3) is 0.800. The Morgan fingerprint density at radius 3 is 2.33 bits per heavy atom. The van der Waals surface area contributed by atoms with Crippen LogP contribution in [-0.2, 0) is 9.59 Å². The Morgan fingerprint density at radius 1 is 1.40 bits per heavy atom. The second kappa shape index (κ2) is 5.70. The molecule has 1 atom stereocenters. The van der Waals surface area contributed by atoms with E-state index in [4.69, 9.17) is 5.11 Å². The van der Waals surface area contributed by atoms with Gasteiger partial charge in [0.2, 0.25) is 5.91 Å². The van der Waals surface area contributed by atoms with Crippen LogP contribution in [0, 0.1) is 0 Å². The molecule has 5 nitrogen and oxygen atoms in total. The molecule has 0 aromatic heterocycles. The summed E-state index contributed by atoms with van der Waals surface area (Å²) in [5.41, 5.74) is -0.245. The number of amides is 1. The Labute approximate surface area is 90.2 Å². The van der Waals surface area contributed by atoms with Crippen molar-refractivity contribution < 1.29 is 14.7 Å². The van der Waals surface area contributed by atoms with Gasteiger partial charge in [0.05, 0.1) is 6.54 Å². The van der Waals surface area contributed by atoms with E-state index in [1.807, 2.05) is 20.8 Å². The third kappa shape index (κ3) is 6.06. The first-order valence-corrected chi connectivity index (χ1v) is 5.05. The van der Waals surface area contributed by atoms with Crippen molar-refractivity contribution in [1.29, 1.82) is 0 Å². The van der Waals surface area contributed by atoms with E-state index >= 15 is 0 Å². The van der Waals surface area contributed by atoms with Gasteiger partial charge in [0.1, 0.15) is 6.04 Å². The number of carbonyl (C=O) groups is 2. The van der Waals surface area contributed by atoms with E-state index in [0.717, 1.165) is 6.42 Å². The second-order valence-electron chi connectivity index (χ2n) is 4.23. The highest BCUT2D eigenvalue weighted by Gasteiger charge is 2.18. The predicted octanol–water partition coefficient (Wildman–Crippen LogP) is 0.354. The van der Waals surface area contributed by atoms with Crippen molar-refractivity contribution in [2.75, 3.05) is 6.54 Å². The summed E-state index contributed by atoms with van der Waals surface area (Å²) >= 11 is 0. The van der Waals surface area contributed by atoms with Crippen LogP contribution in [-0.4, -0.2) is 35.1 Å². The molecule has 0 radical (unpaired) electrons. The third-order valence-electron chi connectivity index (χ3n) is 2.30. The average molecular weight is 216 g/mol. The quantitative estimate of drug-likeness (QED) is 0.599. The molecule has 0 fully saturated rings. The van der Waals surface area contributed by atoms with Gasteiger partial charge < -0.3 is 10.4 Å². The smallest absolute Gasteiger partial charge is 0.320 e. The fourth-order valence-electron chi connectivity index (χ4n) is 0.843. The monoisotopic (exact) mass is 216 g/mol. The molecular weight excluding hydrogens is 196 g/mol. The Bertz CT molecular complexity index is 239. The highest BCUT2D eigenvalue weighted by atomic mass is 16.4. The van der Waals surface area contributed by atoms with E-state index in [2.05, 4.69) is 10.6 Å². The van der Waals surface area contributed by atoms with Gasteiger partial charge >= 0.3 is 5.97 Å². The summed E-state index contributed by atoms with van der Waals surface area (Å²) in [6.45, 7) is 7.35. The summed E-state index contributed by atoms with van der Waals surface area (Å²) in [4.78, 5) is 21.8. The lowest BCUT2D eigenvalue weighted by atomic mass is 10.0. The fourth-order valence-corrected chi connectivity index (χ4v) is 0.843. The maximum Gasteiger partial charge on any atom is 0.320 e. The zero-order valence-electron chi connectivity index (χ0n) is 9.76. The minimum absolute atomic E-state index is 0.0247. The van der Waals surface area contributed by atoms with Gasteiger partial charge in [0.15, 0.2) is 0 Å². The van der Waals surface area contributed by atoms with E-state index in [-0.39, 0.29) is 18.0 Å². The van der Waals surface area contributed by atoms with Crippen molar-refractivity contribution in [3.8, 4) is 0 Å². The molecule has 0 saturated carbocycles. The van der Waals surface area contributed by atoms with Crippen LogP contribution in [0.5, 0.6) is 0 Å². The van der Waals surface area contributed by atoms with Crippen molar-refractivity contribution in [1.82, 2.24) is 10.6 Å². The molecule has 0 aliphatic carbocycles. The van der Waals surface area contributed by atoms with E-state index in [9.17, 15) is 9.59 Å². The largest absolute Gasteiger partial charge is 0.480 e. The summed E-state index contributed by atoms with van der Waals surface area (Å²) in [5, 5.41) is 14.0. The van der Waals surface area contributed by atoms with Gasteiger partial charge in [-0.1, -0.05) is 6.92 Å². The molecule has 88 valence electrons. The number of rotatable bonds is 6. The van der Waals surface area contributed by atoms with Crippen LogP contribution in [0.3, 0.4) is 0 Å². The van der Waals surface area contributed by atoms with Crippen LogP contribution in [0.25, 0.3) is 0 Å². The third-order valence-corrected chi connectivity index (χ3v) is 2.30. The van der Waals surface area contributed by atoms with E-state index in [1.54, 1.807) is 0 Å². The highest BCUT2D eigenvalue weighted by molar-refractivity contribution is 5.80. The molecule has 0 aliphatic heterocycles. The Kier molecular flexibility index (Phi) is 5.28. The summed E-state index contributed by atoms with van der Waals surface area (Å²) in [6.07, 6.45) is 0.827. The molecule has 0 spiro atoms. The van der Waals surface area contributed by atoms with Crippen molar-refractivity contribution in [3.63, 3.8) is 0 Å². The number of carboxylic acids is 1. The average Bonchev–Trinajstić information content (AvgIpc) is 2.13. The van der Waals surface area contributed by atoms with Gasteiger partial charge in [0.25, 0.3) is 0 Å². The molecule has 3 N–H and O–H groups in total. The maximum atomic E-state index is 11.4. The molecule has 0 aliphatic rings. The first kappa shape index (κ1) is 13.9. The van der Waals surface area contributed by atoms with Gasteiger partial charge in [-0.05, 0) is 27.2 Å². The molecule has 0 heterocycles. The molecule has 15 heavy (non-hydrogen) atoms. The van der Waals surface area contributed by atoms with Crippen LogP contribution in [0.2, 0.25) is 0 Å². The number of hydrogen-bond acceptors (Lipinski definition) is 3. The first-order chi connectivity index (χ1) is 6.78. The molecule has 0 aromatic carbocycles. The summed E-state index contributed by atoms with van der Waals surface area (Å²) in [5.74, 6) is -1.15. The molecule has 0 rings (SSSR count). The molecule has 0 saturated heterocycles. The lowest BCUT2D eigenvalue weighted by Crippen LogP contribution is -2.48. The standard InChI is InChI=1S/C10H20N2O3/c1-5-10(3,4)12-8(13)6-11-7(2)9(14)15/h7,11H,5-6H2,1-4H3,(H,12,13)(H,14,15)/t7-/m1/s1. The lowest BCUT2D eigenvalue weighted by Gasteiger charge is -2.24. The zero-order valence-corrected chi connectivity index (χ0v) is 9.76.